The molecule has 0 spiro atoms. The van der Waals surface area contributed by atoms with E-state index in [4.69, 9.17) is 32.7 Å². The van der Waals surface area contributed by atoms with E-state index in [0.29, 0.717) is 34.7 Å². The molecule has 0 aromatic heterocycles. The van der Waals surface area contributed by atoms with Crippen molar-refractivity contribution < 1.29 is 13.9 Å². The van der Waals surface area contributed by atoms with E-state index in [-0.39, 0.29) is 5.82 Å². The molecule has 0 radical (unpaired) electrons. The molecule has 30 heavy (non-hydrogen) atoms. The molecule has 3 aromatic carbocycles. The van der Waals surface area contributed by atoms with Crippen LogP contribution in [0.15, 0.2) is 59.1 Å². The van der Waals surface area contributed by atoms with Crippen molar-refractivity contribution in [1.29, 1.82) is 0 Å². The second-order valence-electron chi connectivity index (χ2n) is 6.65. The van der Waals surface area contributed by atoms with Crippen LogP contribution < -0.4 is 14.8 Å². The lowest BCUT2D eigenvalue weighted by Gasteiger charge is -2.17. The summed E-state index contributed by atoms with van der Waals surface area (Å²) >= 11 is 15.7. The largest absolute Gasteiger partial charge is 0.493 e. The fourth-order valence-electron chi connectivity index (χ4n) is 2.95. The van der Waals surface area contributed by atoms with Gasteiger partial charge in [0.25, 0.3) is 0 Å². The third-order valence-corrected chi connectivity index (χ3v) is 6.04. The van der Waals surface area contributed by atoms with E-state index < -0.39 is 0 Å². The Hall–Kier alpha value is -1.79. The number of benzene rings is 3. The monoisotopic (exact) mass is 511 g/mol. The summed E-state index contributed by atoms with van der Waals surface area (Å²) in [5.41, 5.74) is 2.93. The predicted octanol–water partition coefficient (Wildman–Crippen LogP) is 6.81. The van der Waals surface area contributed by atoms with Gasteiger partial charge in [0.2, 0.25) is 0 Å². The van der Waals surface area contributed by atoms with Crippen molar-refractivity contribution in [2.45, 2.75) is 19.6 Å². The summed E-state index contributed by atoms with van der Waals surface area (Å²) in [5.74, 6) is 1.08. The minimum atomic E-state index is -0.226. The van der Waals surface area contributed by atoms with Gasteiger partial charge in [-0.3, -0.25) is 0 Å². The van der Waals surface area contributed by atoms with Gasteiger partial charge in [-0.05, 0) is 60.5 Å². The summed E-state index contributed by atoms with van der Waals surface area (Å²) in [4.78, 5) is 0. The summed E-state index contributed by atoms with van der Waals surface area (Å²) in [6, 6.07) is 15.7. The zero-order valence-electron chi connectivity index (χ0n) is 16.4. The van der Waals surface area contributed by atoms with Crippen LogP contribution in [0.4, 0.5) is 4.39 Å². The zero-order valence-corrected chi connectivity index (χ0v) is 19.5. The molecule has 1 N–H and O–H groups in total. The Morgan fingerprint density at radius 1 is 0.967 bits per heavy atom. The average molecular weight is 513 g/mol. The third-order valence-electron chi connectivity index (χ3n) is 4.56. The lowest BCUT2D eigenvalue weighted by molar-refractivity contribution is 0.280. The highest BCUT2D eigenvalue weighted by Gasteiger charge is 2.15. The molecule has 0 aliphatic heterocycles. The average Bonchev–Trinajstić information content (AvgIpc) is 2.74. The van der Waals surface area contributed by atoms with Crippen LogP contribution in [0.25, 0.3) is 0 Å². The first kappa shape index (κ1) is 22.9. The summed E-state index contributed by atoms with van der Waals surface area (Å²) in [6.45, 7) is 1.64. The number of hydrogen-bond donors (Lipinski definition) is 1. The van der Waals surface area contributed by atoms with Crippen LogP contribution in [0.3, 0.4) is 0 Å². The minimum absolute atomic E-state index is 0.226. The topological polar surface area (TPSA) is 30.5 Å². The zero-order chi connectivity index (χ0) is 21.5. The summed E-state index contributed by atoms with van der Waals surface area (Å²) in [5, 5.41) is 4.41. The molecule has 0 aliphatic rings. The van der Waals surface area contributed by atoms with E-state index in [2.05, 4.69) is 21.2 Å². The second-order valence-corrected chi connectivity index (χ2v) is 8.32. The van der Waals surface area contributed by atoms with E-state index >= 15 is 0 Å². The molecule has 0 bridgehead atoms. The maximum Gasteiger partial charge on any atom is 0.167 e. The molecule has 158 valence electrons. The third kappa shape index (κ3) is 6.11. The van der Waals surface area contributed by atoms with Gasteiger partial charge in [0.1, 0.15) is 12.4 Å². The Balaban J connectivity index is 1.68. The Bertz CT molecular complexity index is 999. The quantitative estimate of drug-likeness (QED) is 0.319. The number of ether oxygens (including phenoxy) is 2. The number of halogens is 4. The van der Waals surface area contributed by atoms with Crippen molar-refractivity contribution in [3.05, 3.63) is 91.6 Å². The molecule has 0 fully saturated rings. The fraction of sp³-hybridized carbons (Fsp3) is 0.217. The van der Waals surface area contributed by atoms with Crippen LogP contribution in [0.2, 0.25) is 10.0 Å². The summed E-state index contributed by atoms with van der Waals surface area (Å²) in [6.07, 6.45) is 0.793. The fourth-order valence-corrected chi connectivity index (χ4v) is 3.72. The van der Waals surface area contributed by atoms with Gasteiger partial charge in [-0.25, -0.2) is 4.39 Å². The Labute approximate surface area is 194 Å². The molecule has 0 atom stereocenters. The van der Waals surface area contributed by atoms with Crippen molar-refractivity contribution in [3.8, 4) is 11.5 Å². The van der Waals surface area contributed by atoms with E-state index in [1.165, 1.54) is 12.1 Å². The first-order chi connectivity index (χ1) is 14.5. The van der Waals surface area contributed by atoms with E-state index in [1.807, 2.05) is 18.2 Å². The number of methoxy groups -OCH3 is 1. The van der Waals surface area contributed by atoms with Crippen LogP contribution in [-0.2, 0) is 19.6 Å². The molecule has 3 aromatic rings. The Morgan fingerprint density at radius 3 is 2.40 bits per heavy atom. The normalized spacial score (nSPS) is 10.8. The molecule has 0 saturated carbocycles. The van der Waals surface area contributed by atoms with Crippen LogP contribution in [0.1, 0.15) is 16.7 Å². The van der Waals surface area contributed by atoms with Gasteiger partial charge in [0, 0.05) is 16.6 Å². The SMILES string of the molecule is COc1ccc(Br)c(CNCCc2ccc(F)cc2)c1OCc1ccc(Cl)c(Cl)c1. The molecule has 0 aliphatic carbocycles. The summed E-state index contributed by atoms with van der Waals surface area (Å²) in [7, 11) is 1.61. The van der Waals surface area contributed by atoms with E-state index in [1.54, 1.807) is 31.4 Å². The van der Waals surface area contributed by atoms with Crippen molar-refractivity contribution in [1.82, 2.24) is 5.32 Å². The molecule has 0 heterocycles. The second kappa shape index (κ2) is 11.0. The Morgan fingerprint density at radius 2 is 1.70 bits per heavy atom. The van der Waals surface area contributed by atoms with E-state index in [9.17, 15) is 4.39 Å². The number of rotatable bonds is 9. The van der Waals surface area contributed by atoms with Crippen molar-refractivity contribution in [2.24, 2.45) is 0 Å². The highest BCUT2D eigenvalue weighted by molar-refractivity contribution is 9.10. The maximum absolute atomic E-state index is 13.0. The van der Waals surface area contributed by atoms with Gasteiger partial charge in [0.15, 0.2) is 11.5 Å². The molecule has 7 heteroatoms. The minimum Gasteiger partial charge on any atom is -0.493 e. The van der Waals surface area contributed by atoms with Crippen LogP contribution in [0.5, 0.6) is 11.5 Å². The van der Waals surface area contributed by atoms with Gasteiger partial charge < -0.3 is 14.8 Å². The van der Waals surface area contributed by atoms with Crippen LogP contribution >= 0.6 is 39.1 Å². The molecular weight excluding hydrogens is 492 g/mol. The van der Waals surface area contributed by atoms with Gasteiger partial charge >= 0.3 is 0 Å². The maximum atomic E-state index is 13.0. The molecule has 3 nitrogen and oxygen atoms in total. The lowest BCUT2D eigenvalue weighted by atomic mass is 10.1. The highest BCUT2D eigenvalue weighted by atomic mass is 79.9. The van der Waals surface area contributed by atoms with Crippen LogP contribution in [-0.4, -0.2) is 13.7 Å². The lowest BCUT2D eigenvalue weighted by Crippen LogP contribution is -2.18. The van der Waals surface area contributed by atoms with Gasteiger partial charge in [-0.15, -0.1) is 0 Å². The van der Waals surface area contributed by atoms with Gasteiger partial charge in [-0.2, -0.15) is 0 Å². The van der Waals surface area contributed by atoms with Crippen molar-refractivity contribution in [2.75, 3.05) is 13.7 Å². The van der Waals surface area contributed by atoms with Crippen molar-refractivity contribution in [3.63, 3.8) is 0 Å². The molecule has 0 amide bonds. The first-order valence-corrected chi connectivity index (χ1v) is 10.9. The van der Waals surface area contributed by atoms with Crippen LogP contribution in [0, 0.1) is 5.82 Å². The molecule has 3 rings (SSSR count). The molecule has 0 unspecified atom stereocenters. The number of hydrogen-bond acceptors (Lipinski definition) is 3. The number of nitrogens with one attached hydrogen (secondary N) is 1. The predicted molar refractivity (Wildman–Crippen MR) is 123 cm³/mol. The smallest absolute Gasteiger partial charge is 0.167 e. The molecular formula is C23H21BrCl2FNO2. The first-order valence-electron chi connectivity index (χ1n) is 9.35. The standard InChI is InChI=1S/C23H21BrCl2FNO2/c1-29-22-9-7-19(24)18(13-28-11-10-15-2-5-17(27)6-3-15)23(22)30-14-16-4-8-20(25)21(26)12-16/h2-9,12,28H,10-11,13-14H2,1H3. The van der Waals surface area contributed by atoms with E-state index in [0.717, 1.165) is 34.1 Å². The van der Waals surface area contributed by atoms with Gasteiger partial charge in [-0.1, -0.05) is 57.3 Å². The van der Waals surface area contributed by atoms with Crippen molar-refractivity contribution >= 4 is 39.1 Å². The van der Waals surface area contributed by atoms with Gasteiger partial charge in [0.05, 0.1) is 17.2 Å². The Kier molecular flexibility index (Phi) is 8.40. The highest BCUT2D eigenvalue weighted by Crippen LogP contribution is 2.37. The molecule has 0 saturated heterocycles. The summed E-state index contributed by atoms with van der Waals surface area (Å²) < 4.78 is 25.6.